The molecule has 1 aromatic carbocycles. The molecule has 17 heavy (non-hydrogen) atoms. The number of carboxylic acid groups (broad SMARTS) is 1. The van der Waals surface area contributed by atoms with Gasteiger partial charge in [0.25, 0.3) is 0 Å². The van der Waals surface area contributed by atoms with E-state index in [2.05, 4.69) is 0 Å². The second kappa shape index (κ2) is 5.21. The third kappa shape index (κ3) is 2.99. The van der Waals surface area contributed by atoms with Crippen molar-refractivity contribution < 1.29 is 15.0 Å². The molecule has 1 aliphatic rings. The molecule has 2 N–H and O–H groups in total. The highest BCUT2D eigenvalue weighted by Crippen LogP contribution is 2.34. The first-order chi connectivity index (χ1) is 8.16. The van der Waals surface area contributed by atoms with Crippen LogP contribution in [0.15, 0.2) is 24.3 Å². The van der Waals surface area contributed by atoms with Crippen molar-refractivity contribution in [3.05, 3.63) is 29.8 Å². The molecule has 1 aromatic rings. The van der Waals surface area contributed by atoms with E-state index in [4.69, 9.17) is 5.11 Å². The lowest BCUT2D eigenvalue weighted by atomic mass is 9.91. The fourth-order valence-corrected chi connectivity index (χ4v) is 2.63. The van der Waals surface area contributed by atoms with E-state index in [1.165, 1.54) is 5.56 Å². The highest BCUT2D eigenvalue weighted by Gasteiger charge is 2.24. The average molecular weight is 234 g/mol. The summed E-state index contributed by atoms with van der Waals surface area (Å²) in [7, 11) is 0. The molecule has 0 aliphatic heterocycles. The van der Waals surface area contributed by atoms with E-state index in [9.17, 15) is 9.90 Å². The van der Waals surface area contributed by atoms with Gasteiger partial charge in [0.15, 0.2) is 0 Å². The van der Waals surface area contributed by atoms with E-state index in [0.29, 0.717) is 5.92 Å². The van der Waals surface area contributed by atoms with Crippen LogP contribution in [0.1, 0.15) is 43.6 Å². The number of carboxylic acids is 1. The molecule has 0 saturated heterocycles. The van der Waals surface area contributed by atoms with Crippen LogP contribution < -0.4 is 0 Å². The molecule has 2 atom stereocenters. The lowest BCUT2D eigenvalue weighted by molar-refractivity contribution is -0.142. The summed E-state index contributed by atoms with van der Waals surface area (Å²) in [5.41, 5.74) is 1.22. The van der Waals surface area contributed by atoms with Gasteiger partial charge >= 0.3 is 5.97 Å². The van der Waals surface area contributed by atoms with Gasteiger partial charge in [-0.3, -0.25) is 4.79 Å². The molecular weight excluding hydrogens is 216 g/mol. The van der Waals surface area contributed by atoms with Crippen LogP contribution in [0.5, 0.6) is 5.75 Å². The molecule has 3 heteroatoms. The van der Waals surface area contributed by atoms with Gasteiger partial charge in [-0.1, -0.05) is 18.6 Å². The predicted molar refractivity (Wildman–Crippen MR) is 65.1 cm³/mol. The molecule has 92 valence electrons. The minimum atomic E-state index is -0.656. The van der Waals surface area contributed by atoms with Gasteiger partial charge in [0.1, 0.15) is 5.75 Å². The fraction of sp³-hybridized carbons (Fsp3) is 0.500. The maximum atomic E-state index is 11.0. The normalized spacial score (nSPS) is 25.2. The number of carbonyl (C=O) groups is 1. The molecule has 0 spiro atoms. The SMILES string of the molecule is O=C(O)C1CCCC(c2ccc(O)cc2)CC1. The number of hydrogen-bond donors (Lipinski definition) is 2. The second-order valence-electron chi connectivity index (χ2n) is 4.83. The van der Waals surface area contributed by atoms with Crippen LogP contribution in [0.25, 0.3) is 0 Å². The zero-order chi connectivity index (χ0) is 12.3. The van der Waals surface area contributed by atoms with E-state index in [0.717, 1.165) is 32.1 Å². The number of benzene rings is 1. The summed E-state index contributed by atoms with van der Waals surface area (Å²) >= 11 is 0. The molecule has 0 aromatic heterocycles. The monoisotopic (exact) mass is 234 g/mol. The summed E-state index contributed by atoms with van der Waals surface area (Å²) in [6.45, 7) is 0. The van der Waals surface area contributed by atoms with E-state index in [1.54, 1.807) is 12.1 Å². The largest absolute Gasteiger partial charge is 0.508 e. The molecule has 0 amide bonds. The topological polar surface area (TPSA) is 57.5 Å². The Morgan fingerprint density at radius 2 is 1.76 bits per heavy atom. The van der Waals surface area contributed by atoms with Gasteiger partial charge < -0.3 is 10.2 Å². The number of phenolic OH excluding ortho intramolecular Hbond substituents is 1. The van der Waals surface area contributed by atoms with Crippen LogP contribution in [-0.2, 0) is 4.79 Å². The third-order valence-electron chi connectivity index (χ3n) is 3.68. The molecule has 2 rings (SSSR count). The zero-order valence-corrected chi connectivity index (χ0v) is 9.80. The fourth-order valence-electron chi connectivity index (χ4n) is 2.63. The van der Waals surface area contributed by atoms with Crippen molar-refractivity contribution in [2.45, 2.75) is 38.0 Å². The maximum Gasteiger partial charge on any atom is 0.306 e. The first-order valence-electron chi connectivity index (χ1n) is 6.18. The number of phenols is 1. The minimum Gasteiger partial charge on any atom is -0.508 e. The van der Waals surface area contributed by atoms with Gasteiger partial charge in [-0.25, -0.2) is 0 Å². The van der Waals surface area contributed by atoms with Crippen molar-refractivity contribution in [3.63, 3.8) is 0 Å². The van der Waals surface area contributed by atoms with Crippen LogP contribution in [0.3, 0.4) is 0 Å². The minimum absolute atomic E-state index is 0.169. The highest BCUT2D eigenvalue weighted by atomic mass is 16.4. The van der Waals surface area contributed by atoms with Crippen LogP contribution in [0.2, 0.25) is 0 Å². The number of rotatable bonds is 2. The summed E-state index contributed by atoms with van der Waals surface area (Å²) in [6.07, 6.45) is 4.52. The number of aliphatic carboxylic acids is 1. The van der Waals surface area contributed by atoms with Gasteiger partial charge in [-0.05, 0) is 49.3 Å². The van der Waals surface area contributed by atoms with Gasteiger partial charge in [0, 0.05) is 0 Å². The second-order valence-corrected chi connectivity index (χ2v) is 4.83. The van der Waals surface area contributed by atoms with Crippen molar-refractivity contribution in [1.82, 2.24) is 0 Å². The van der Waals surface area contributed by atoms with Gasteiger partial charge in [-0.15, -0.1) is 0 Å². The molecule has 1 saturated carbocycles. The van der Waals surface area contributed by atoms with Crippen molar-refractivity contribution in [3.8, 4) is 5.75 Å². The molecule has 3 nitrogen and oxygen atoms in total. The number of hydrogen-bond acceptors (Lipinski definition) is 2. The van der Waals surface area contributed by atoms with Gasteiger partial charge in [0.05, 0.1) is 5.92 Å². The van der Waals surface area contributed by atoms with Crippen LogP contribution in [0.4, 0.5) is 0 Å². The first kappa shape index (κ1) is 12.0. The lowest BCUT2D eigenvalue weighted by Gasteiger charge is -2.14. The van der Waals surface area contributed by atoms with Crippen LogP contribution in [-0.4, -0.2) is 16.2 Å². The van der Waals surface area contributed by atoms with Gasteiger partial charge in [0.2, 0.25) is 0 Å². The van der Waals surface area contributed by atoms with Crippen molar-refractivity contribution >= 4 is 5.97 Å². The Morgan fingerprint density at radius 1 is 1.06 bits per heavy atom. The molecule has 1 aliphatic carbocycles. The summed E-state index contributed by atoms with van der Waals surface area (Å²) in [5, 5.41) is 18.3. The predicted octanol–water partition coefficient (Wildman–Crippen LogP) is 3.14. The molecule has 0 bridgehead atoms. The Bertz CT molecular complexity index is 383. The summed E-state index contributed by atoms with van der Waals surface area (Å²) < 4.78 is 0. The average Bonchev–Trinajstić information content (AvgIpc) is 2.55. The van der Waals surface area contributed by atoms with E-state index in [1.807, 2.05) is 12.1 Å². The quantitative estimate of drug-likeness (QED) is 0.773. The Balaban J connectivity index is 2.03. The highest BCUT2D eigenvalue weighted by molar-refractivity contribution is 5.69. The van der Waals surface area contributed by atoms with Crippen LogP contribution in [0, 0.1) is 5.92 Å². The maximum absolute atomic E-state index is 11.0. The molecule has 0 heterocycles. The van der Waals surface area contributed by atoms with E-state index < -0.39 is 5.97 Å². The Kier molecular flexibility index (Phi) is 3.67. The summed E-state index contributed by atoms with van der Waals surface area (Å²) in [4.78, 5) is 11.0. The lowest BCUT2D eigenvalue weighted by Crippen LogP contribution is -2.12. The molecule has 2 unspecified atom stereocenters. The molecule has 0 radical (unpaired) electrons. The summed E-state index contributed by atoms with van der Waals surface area (Å²) in [6, 6.07) is 7.30. The van der Waals surface area contributed by atoms with E-state index in [-0.39, 0.29) is 11.7 Å². The van der Waals surface area contributed by atoms with Crippen molar-refractivity contribution in [2.24, 2.45) is 5.92 Å². The zero-order valence-electron chi connectivity index (χ0n) is 9.80. The van der Waals surface area contributed by atoms with E-state index >= 15 is 0 Å². The Hall–Kier alpha value is -1.51. The molecular formula is C14H18O3. The van der Waals surface area contributed by atoms with Crippen molar-refractivity contribution in [1.29, 1.82) is 0 Å². The van der Waals surface area contributed by atoms with Crippen LogP contribution >= 0.6 is 0 Å². The Labute approximate surface area is 101 Å². The standard InChI is InChI=1S/C14H18O3/c15-13-8-6-11(7-9-13)10-2-1-3-12(5-4-10)14(16)17/h6-10,12,15H,1-5H2,(H,16,17). The molecule has 1 fully saturated rings. The Morgan fingerprint density at radius 3 is 2.41 bits per heavy atom. The number of aromatic hydroxyl groups is 1. The van der Waals surface area contributed by atoms with Crippen molar-refractivity contribution in [2.75, 3.05) is 0 Å². The first-order valence-corrected chi connectivity index (χ1v) is 6.18. The smallest absolute Gasteiger partial charge is 0.306 e. The van der Waals surface area contributed by atoms with Gasteiger partial charge in [-0.2, -0.15) is 0 Å². The summed E-state index contributed by atoms with van der Waals surface area (Å²) in [5.74, 6) is -0.0980. The third-order valence-corrected chi connectivity index (χ3v) is 3.68.